The van der Waals surface area contributed by atoms with Crippen LogP contribution in [0.4, 0.5) is 0 Å². The second-order valence-electron chi connectivity index (χ2n) is 5.86. The van der Waals surface area contributed by atoms with Gasteiger partial charge < -0.3 is 10.1 Å². The van der Waals surface area contributed by atoms with Crippen LogP contribution >= 0.6 is 0 Å². The van der Waals surface area contributed by atoms with Gasteiger partial charge in [-0.25, -0.2) is 0 Å². The maximum absolute atomic E-state index is 10.2. The molecule has 0 spiro atoms. The largest absolute Gasteiger partial charge is 0.379 e. The molecule has 0 fully saturated rings. The highest BCUT2D eigenvalue weighted by molar-refractivity contribution is 5.45. The SMILES string of the molecule is CC(CCCNC=O)OCCCCCCN(CCN=O)CCN=O. The lowest BCUT2D eigenvalue weighted by Gasteiger charge is -2.19. The second-order valence-corrected chi connectivity index (χ2v) is 5.86. The zero-order valence-corrected chi connectivity index (χ0v) is 14.8. The summed E-state index contributed by atoms with van der Waals surface area (Å²) in [5.74, 6) is 0. The molecular formula is C16H32N4O4. The molecule has 0 aliphatic rings. The van der Waals surface area contributed by atoms with Gasteiger partial charge in [0.2, 0.25) is 6.41 Å². The lowest BCUT2D eigenvalue weighted by atomic mass is 10.2. The molecule has 0 aliphatic heterocycles. The van der Waals surface area contributed by atoms with Gasteiger partial charge in [-0.3, -0.25) is 9.69 Å². The van der Waals surface area contributed by atoms with E-state index in [2.05, 4.69) is 27.5 Å². The molecule has 0 aliphatic carbocycles. The van der Waals surface area contributed by atoms with Gasteiger partial charge in [-0.15, -0.1) is 0 Å². The summed E-state index contributed by atoms with van der Waals surface area (Å²) >= 11 is 0. The predicted octanol–water partition coefficient (Wildman–Crippen LogP) is 2.31. The van der Waals surface area contributed by atoms with E-state index in [1.165, 1.54) is 0 Å². The molecule has 8 nitrogen and oxygen atoms in total. The maximum Gasteiger partial charge on any atom is 0.207 e. The molecule has 0 rings (SSSR count). The van der Waals surface area contributed by atoms with Crippen molar-refractivity contribution in [2.45, 2.75) is 51.6 Å². The second kappa shape index (κ2) is 17.9. The monoisotopic (exact) mass is 344 g/mol. The first-order chi connectivity index (χ1) is 11.7. The summed E-state index contributed by atoms with van der Waals surface area (Å²) in [5, 5.41) is 8.37. The van der Waals surface area contributed by atoms with E-state index in [4.69, 9.17) is 4.74 Å². The van der Waals surface area contributed by atoms with Crippen molar-refractivity contribution >= 4 is 6.41 Å². The number of rotatable bonds is 19. The first-order valence-electron chi connectivity index (χ1n) is 8.83. The highest BCUT2D eigenvalue weighted by atomic mass is 16.5. The first-order valence-corrected chi connectivity index (χ1v) is 8.83. The number of amides is 1. The maximum atomic E-state index is 10.2. The fraction of sp³-hybridized carbons (Fsp3) is 0.938. The third-order valence-electron chi connectivity index (χ3n) is 3.80. The number of unbranched alkanes of at least 4 members (excludes halogenated alkanes) is 3. The highest BCUT2D eigenvalue weighted by Gasteiger charge is 2.05. The Hall–Kier alpha value is -1.41. The minimum Gasteiger partial charge on any atom is -0.379 e. The van der Waals surface area contributed by atoms with Crippen LogP contribution in [-0.4, -0.2) is 63.3 Å². The minimum absolute atomic E-state index is 0.223. The van der Waals surface area contributed by atoms with E-state index in [9.17, 15) is 14.6 Å². The van der Waals surface area contributed by atoms with Gasteiger partial charge in [0.05, 0.1) is 19.2 Å². The zero-order chi connectivity index (χ0) is 17.9. The van der Waals surface area contributed by atoms with Crippen LogP contribution in [-0.2, 0) is 9.53 Å². The average molecular weight is 344 g/mol. The van der Waals surface area contributed by atoms with Gasteiger partial charge in [-0.1, -0.05) is 23.2 Å². The number of hydrogen-bond donors (Lipinski definition) is 1. The molecule has 0 aromatic carbocycles. The van der Waals surface area contributed by atoms with E-state index >= 15 is 0 Å². The molecular weight excluding hydrogens is 312 g/mol. The number of nitrogens with zero attached hydrogens (tertiary/aromatic N) is 3. The summed E-state index contributed by atoms with van der Waals surface area (Å²) in [7, 11) is 0. The van der Waals surface area contributed by atoms with E-state index in [1.807, 2.05) is 0 Å². The summed E-state index contributed by atoms with van der Waals surface area (Å²) in [5.41, 5.74) is 0. The summed E-state index contributed by atoms with van der Waals surface area (Å²) in [6.07, 6.45) is 7.09. The van der Waals surface area contributed by atoms with Crippen molar-refractivity contribution in [1.82, 2.24) is 10.2 Å². The van der Waals surface area contributed by atoms with Gasteiger partial charge >= 0.3 is 0 Å². The lowest BCUT2D eigenvalue weighted by molar-refractivity contribution is -0.109. The van der Waals surface area contributed by atoms with Crippen molar-refractivity contribution in [3.8, 4) is 0 Å². The van der Waals surface area contributed by atoms with E-state index in [-0.39, 0.29) is 19.2 Å². The molecule has 1 amide bonds. The Bertz CT molecular complexity index is 306. The van der Waals surface area contributed by atoms with Crippen molar-refractivity contribution in [2.75, 3.05) is 45.9 Å². The number of carbonyl (C=O) groups is 1. The van der Waals surface area contributed by atoms with E-state index in [1.54, 1.807) is 0 Å². The lowest BCUT2D eigenvalue weighted by Crippen LogP contribution is -2.30. The van der Waals surface area contributed by atoms with Gasteiger partial charge in [0.15, 0.2) is 0 Å². The van der Waals surface area contributed by atoms with Gasteiger partial charge in [-0.05, 0) is 39.2 Å². The van der Waals surface area contributed by atoms with E-state index < -0.39 is 0 Å². The third-order valence-corrected chi connectivity index (χ3v) is 3.80. The fourth-order valence-electron chi connectivity index (χ4n) is 2.41. The molecule has 0 saturated carbocycles. The molecule has 0 radical (unpaired) electrons. The average Bonchev–Trinajstić information content (AvgIpc) is 2.59. The van der Waals surface area contributed by atoms with Crippen LogP contribution in [0.3, 0.4) is 0 Å². The third kappa shape index (κ3) is 15.5. The number of nitrogens with one attached hydrogen (secondary N) is 1. The van der Waals surface area contributed by atoms with Crippen LogP contribution in [0.1, 0.15) is 45.4 Å². The number of carbonyl (C=O) groups excluding carboxylic acids is 1. The molecule has 1 unspecified atom stereocenters. The Morgan fingerprint density at radius 2 is 1.67 bits per heavy atom. The summed E-state index contributed by atoms with van der Waals surface area (Å²) in [6, 6.07) is 0. The molecule has 24 heavy (non-hydrogen) atoms. The quantitative estimate of drug-likeness (QED) is 0.220. The van der Waals surface area contributed by atoms with Crippen molar-refractivity contribution in [3.05, 3.63) is 9.81 Å². The Labute approximate surface area is 144 Å². The topological polar surface area (TPSA) is 100 Å². The van der Waals surface area contributed by atoms with Gasteiger partial charge in [0.25, 0.3) is 0 Å². The molecule has 1 atom stereocenters. The normalized spacial score (nSPS) is 12.1. The Morgan fingerprint density at radius 1 is 1.00 bits per heavy atom. The molecule has 0 heterocycles. The van der Waals surface area contributed by atoms with Gasteiger partial charge in [0, 0.05) is 26.2 Å². The number of ether oxygens (including phenoxy) is 1. The van der Waals surface area contributed by atoms with Crippen LogP contribution in [0.15, 0.2) is 10.4 Å². The van der Waals surface area contributed by atoms with Crippen molar-refractivity contribution in [2.24, 2.45) is 10.4 Å². The van der Waals surface area contributed by atoms with Crippen LogP contribution in [0.2, 0.25) is 0 Å². The van der Waals surface area contributed by atoms with Crippen LogP contribution in [0, 0.1) is 9.81 Å². The molecule has 8 heteroatoms. The Balaban J connectivity index is 3.50. The first kappa shape index (κ1) is 22.6. The summed E-state index contributed by atoms with van der Waals surface area (Å²) in [4.78, 5) is 32.6. The van der Waals surface area contributed by atoms with Crippen molar-refractivity contribution in [1.29, 1.82) is 0 Å². The van der Waals surface area contributed by atoms with Crippen molar-refractivity contribution < 1.29 is 9.53 Å². The molecule has 0 aromatic rings. The smallest absolute Gasteiger partial charge is 0.207 e. The highest BCUT2D eigenvalue weighted by Crippen LogP contribution is 2.06. The van der Waals surface area contributed by atoms with Crippen LogP contribution < -0.4 is 5.32 Å². The number of nitroso groups, excluding NO2 is 2. The Morgan fingerprint density at radius 3 is 2.29 bits per heavy atom. The standard InChI is InChI=1S/C16H32N4O4/c1-16(7-6-8-17-15-21)24-14-5-3-2-4-11-20(12-9-18-22)13-10-19-23/h15-16H,2-14H2,1H3,(H,17,21). The molecule has 1 N–H and O–H groups in total. The fourth-order valence-corrected chi connectivity index (χ4v) is 2.41. The summed E-state index contributed by atoms with van der Waals surface area (Å²) < 4.78 is 5.74. The number of hydrogen-bond acceptors (Lipinski definition) is 7. The molecule has 0 saturated heterocycles. The Kier molecular flexibility index (Phi) is 16.9. The molecule has 0 aromatic heterocycles. The zero-order valence-electron chi connectivity index (χ0n) is 14.8. The predicted molar refractivity (Wildman–Crippen MR) is 94.9 cm³/mol. The van der Waals surface area contributed by atoms with Crippen LogP contribution in [0.5, 0.6) is 0 Å². The van der Waals surface area contributed by atoms with Crippen molar-refractivity contribution in [3.63, 3.8) is 0 Å². The van der Waals surface area contributed by atoms with E-state index in [0.29, 0.717) is 19.6 Å². The minimum atomic E-state index is 0.223. The summed E-state index contributed by atoms with van der Waals surface area (Å²) in [6.45, 7) is 6.09. The molecule has 0 bridgehead atoms. The van der Waals surface area contributed by atoms with Gasteiger partial charge in [0.1, 0.15) is 0 Å². The van der Waals surface area contributed by atoms with Crippen LogP contribution in [0.25, 0.3) is 0 Å². The van der Waals surface area contributed by atoms with Gasteiger partial charge in [-0.2, -0.15) is 9.81 Å². The van der Waals surface area contributed by atoms with E-state index in [0.717, 1.165) is 58.1 Å². The molecule has 140 valence electrons.